The molecular formula is C23H29N7O3. The summed E-state index contributed by atoms with van der Waals surface area (Å²) in [5, 5.41) is 10.6. The topological polar surface area (TPSA) is 148 Å². The number of anilines is 1. The Morgan fingerprint density at radius 2 is 2.21 bits per heavy atom. The lowest BCUT2D eigenvalue weighted by molar-refractivity contribution is -0.134. The zero-order valence-corrected chi connectivity index (χ0v) is 18.5. The largest absolute Gasteiger partial charge is 0.387 e. The lowest BCUT2D eigenvalue weighted by Gasteiger charge is -2.31. The van der Waals surface area contributed by atoms with Gasteiger partial charge in [-0.25, -0.2) is 5.84 Å². The van der Waals surface area contributed by atoms with E-state index >= 15 is 0 Å². The van der Waals surface area contributed by atoms with Crippen molar-refractivity contribution in [3.8, 4) is 0 Å². The number of hydrazine groups is 1. The predicted molar refractivity (Wildman–Crippen MR) is 127 cm³/mol. The van der Waals surface area contributed by atoms with Crippen molar-refractivity contribution in [1.82, 2.24) is 15.0 Å². The standard InChI is InChI=1S/C23H29N7O3/c1-14(28-33)11-20(32)29(24)17-12-18-21(19(31)13-17)22(27-16-5-3-2-4-6-16)23(30(18)25)15-7-9-26-10-8-15/h2-5,7-9,14,16-17,26-27H,6,10-13,24-25H2,1H3/t14-,16?,17?/m0/s1. The van der Waals surface area contributed by atoms with Gasteiger partial charge in [-0.1, -0.05) is 35.6 Å². The normalized spacial score (nSPS) is 22.2. The number of amides is 1. The molecular weight excluding hydrogens is 422 g/mol. The average Bonchev–Trinajstić information content (AvgIpc) is 3.11. The number of aromatic nitrogens is 1. The smallest absolute Gasteiger partial charge is 0.239 e. The number of hydrogen-bond acceptors (Lipinski definition) is 8. The molecule has 1 aliphatic heterocycles. The second kappa shape index (κ2) is 9.45. The third-order valence-electron chi connectivity index (χ3n) is 6.17. The summed E-state index contributed by atoms with van der Waals surface area (Å²) in [5.41, 5.74) is 3.50. The van der Waals surface area contributed by atoms with Crippen LogP contribution in [-0.2, 0) is 11.2 Å². The minimum absolute atomic E-state index is 0.0296. The first-order chi connectivity index (χ1) is 15.9. The maximum Gasteiger partial charge on any atom is 0.239 e. The van der Waals surface area contributed by atoms with Crippen molar-refractivity contribution in [2.75, 3.05) is 17.7 Å². The molecule has 3 aliphatic rings. The molecule has 4 rings (SSSR count). The maximum absolute atomic E-state index is 13.4. The molecule has 0 aromatic carbocycles. The lowest BCUT2D eigenvalue weighted by atomic mass is 9.90. The van der Waals surface area contributed by atoms with Gasteiger partial charge in [-0.15, -0.1) is 0 Å². The van der Waals surface area contributed by atoms with Crippen LogP contribution in [0.25, 0.3) is 5.57 Å². The number of nitroso groups, excluding NO2 is 1. The van der Waals surface area contributed by atoms with E-state index in [-0.39, 0.29) is 24.7 Å². The molecule has 3 atom stereocenters. The third-order valence-corrected chi connectivity index (χ3v) is 6.17. The van der Waals surface area contributed by atoms with Gasteiger partial charge in [0.2, 0.25) is 5.91 Å². The number of nitrogen functional groups attached to an aromatic ring is 1. The number of carbonyl (C=O) groups excluding carboxylic acids is 2. The monoisotopic (exact) mass is 451 g/mol. The van der Waals surface area contributed by atoms with Crippen LogP contribution in [0.1, 0.15) is 47.9 Å². The highest BCUT2D eigenvalue weighted by Gasteiger charge is 2.37. The Labute approximate surface area is 192 Å². The number of nitrogens with two attached hydrogens (primary N) is 2. The number of carbonyl (C=O) groups is 2. The molecule has 2 aliphatic carbocycles. The highest BCUT2D eigenvalue weighted by atomic mass is 16.3. The molecule has 1 aromatic rings. The number of nitrogens with zero attached hydrogens (tertiary/aromatic N) is 3. The predicted octanol–water partition coefficient (Wildman–Crippen LogP) is 1.74. The Kier molecular flexibility index (Phi) is 6.45. The van der Waals surface area contributed by atoms with Crippen molar-refractivity contribution < 1.29 is 9.59 Å². The lowest BCUT2D eigenvalue weighted by Crippen LogP contribution is -2.50. The van der Waals surface area contributed by atoms with E-state index < -0.39 is 18.0 Å². The van der Waals surface area contributed by atoms with E-state index in [1.165, 1.54) is 0 Å². The molecule has 0 saturated carbocycles. The second-order valence-electron chi connectivity index (χ2n) is 8.56. The first-order valence-corrected chi connectivity index (χ1v) is 11.1. The van der Waals surface area contributed by atoms with Gasteiger partial charge in [0.15, 0.2) is 5.78 Å². The van der Waals surface area contributed by atoms with Gasteiger partial charge in [0.25, 0.3) is 0 Å². The van der Waals surface area contributed by atoms with E-state index in [1.807, 2.05) is 30.5 Å². The van der Waals surface area contributed by atoms with E-state index in [0.717, 1.165) is 22.7 Å². The van der Waals surface area contributed by atoms with Crippen LogP contribution in [0.3, 0.4) is 0 Å². The number of rotatable bonds is 7. The van der Waals surface area contributed by atoms with E-state index in [9.17, 15) is 14.5 Å². The fourth-order valence-corrected chi connectivity index (χ4v) is 4.47. The molecule has 0 spiro atoms. The Balaban J connectivity index is 1.70. The third kappa shape index (κ3) is 4.47. The molecule has 33 heavy (non-hydrogen) atoms. The van der Waals surface area contributed by atoms with Crippen molar-refractivity contribution in [3.63, 3.8) is 0 Å². The Bertz CT molecular complexity index is 1080. The first-order valence-electron chi connectivity index (χ1n) is 11.1. The van der Waals surface area contributed by atoms with E-state index in [2.05, 4.69) is 28.0 Å². The number of allylic oxidation sites excluding steroid dienone is 4. The summed E-state index contributed by atoms with van der Waals surface area (Å²) >= 11 is 0. The van der Waals surface area contributed by atoms with E-state index in [0.29, 0.717) is 29.9 Å². The van der Waals surface area contributed by atoms with Gasteiger partial charge in [-0.2, -0.15) is 4.91 Å². The summed E-state index contributed by atoms with van der Waals surface area (Å²) in [6, 6.07) is -1.21. The number of fused-ring (bicyclic) bond motifs is 1. The highest BCUT2D eigenvalue weighted by Crippen LogP contribution is 2.38. The number of ketones is 1. The van der Waals surface area contributed by atoms with Gasteiger partial charge in [-0.05, 0) is 25.6 Å². The van der Waals surface area contributed by atoms with Crippen LogP contribution in [0.2, 0.25) is 0 Å². The quantitative estimate of drug-likeness (QED) is 0.214. The Morgan fingerprint density at radius 3 is 2.88 bits per heavy atom. The minimum atomic E-state index is -0.685. The molecule has 174 valence electrons. The summed E-state index contributed by atoms with van der Waals surface area (Å²) < 4.78 is 1.54. The number of nitrogens with one attached hydrogen (secondary N) is 2. The van der Waals surface area contributed by atoms with Crippen LogP contribution in [0.4, 0.5) is 5.69 Å². The van der Waals surface area contributed by atoms with Crippen molar-refractivity contribution in [3.05, 3.63) is 64.5 Å². The molecule has 0 fully saturated rings. The zero-order chi connectivity index (χ0) is 23.5. The van der Waals surface area contributed by atoms with Gasteiger partial charge < -0.3 is 16.5 Å². The van der Waals surface area contributed by atoms with Gasteiger partial charge in [0.1, 0.15) is 0 Å². The SMILES string of the molecule is C[C@@H](CC(=O)N(N)C1CC(=O)c2c(NC3C=CC=CC3)c(C3=CCNC=C3)n(N)c2C1)N=O. The molecule has 6 N–H and O–H groups in total. The van der Waals surface area contributed by atoms with E-state index in [4.69, 9.17) is 11.7 Å². The molecule has 2 unspecified atom stereocenters. The second-order valence-corrected chi connectivity index (χ2v) is 8.56. The maximum atomic E-state index is 13.4. The Morgan fingerprint density at radius 1 is 1.39 bits per heavy atom. The zero-order valence-electron chi connectivity index (χ0n) is 18.5. The van der Waals surface area contributed by atoms with Crippen LogP contribution in [-0.4, -0.2) is 46.0 Å². The summed E-state index contributed by atoms with van der Waals surface area (Å²) in [7, 11) is 0. The van der Waals surface area contributed by atoms with Crippen molar-refractivity contribution in [2.45, 2.75) is 50.7 Å². The van der Waals surface area contributed by atoms with Gasteiger partial charge in [0, 0.05) is 31.0 Å². The van der Waals surface area contributed by atoms with Crippen LogP contribution < -0.4 is 22.3 Å². The number of hydrogen-bond donors (Lipinski definition) is 4. The summed E-state index contributed by atoms with van der Waals surface area (Å²) in [4.78, 5) is 36.5. The Hall–Kier alpha value is -3.66. The average molecular weight is 452 g/mol. The van der Waals surface area contributed by atoms with Crippen molar-refractivity contribution >= 4 is 23.0 Å². The fourth-order valence-electron chi connectivity index (χ4n) is 4.47. The molecule has 0 saturated heterocycles. The highest BCUT2D eigenvalue weighted by molar-refractivity contribution is 6.07. The molecule has 2 heterocycles. The van der Waals surface area contributed by atoms with Crippen LogP contribution in [0.5, 0.6) is 0 Å². The summed E-state index contributed by atoms with van der Waals surface area (Å²) in [5.74, 6) is 12.1. The van der Waals surface area contributed by atoms with Crippen LogP contribution >= 0.6 is 0 Å². The fraction of sp³-hybridized carbons (Fsp3) is 0.391. The van der Waals surface area contributed by atoms with Crippen LogP contribution in [0.15, 0.2) is 47.8 Å². The van der Waals surface area contributed by atoms with Crippen LogP contribution in [0, 0.1) is 4.91 Å². The van der Waals surface area contributed by atoms with Gasteiger partial charge in [-0.3, -0.25) is 19.3 Å². The number of Topliss-reactive ketones (excluding diaryl/α,β-unsaturated/α-hetero) is 1. The molecule has 1 amide bonds. The molecule has 0 bridgehead atoms. The van der Waals surface area contributed by atoms with Crippen molar-refractivity contribution in [2.24, 2.45) is 11.0 Å². The minimum Gasteiger partial charge on any atom is -0.387 e. The molecule has 0 radical (unpaired) electrons. The summed E-state index contributed by atoms with van der Waals surface area (Å²) in [6.45, 7) is 2.20. The van der Waals surface area contributed by atoms with Gasteiger partial charge in [0.05, 0.1) is 41.1 Å². The summed E-state index contributed by atoms with van der Waals surface area (Å²) in [6.07, 6.45) is 15.0. The van der Waals surface area contributed by atoms with Crippen molar-refractivity contribution in [1.29, 1.82) is 0 Å². The molecule has 1 aromatic heterocycles. The molecule has 10 heteroatoms. The van der Waals surface area contributed by atoms with E-state index in [1.54, 1.807) is 11.6 Å². The molecule has 10 nitrogen and oxygen atoms in total. The van der Waals surface area contributed by atoms with Gasteiger partial charge >= 0.3 is 0 Å². The number of dihydropyridines is 1. The first kappa shape index (κ1) is 22.5.